The Morgan fingerprint density at radius 1 is 0.640 bits per heavy atom. The summed E-state index contributed by atoms with van der Waals surface area (Å²) in [6.07, 6.45) is 0. The highest BCUT2D eigenvalue weighted by Crippen LogP contribution is 2.18. The van der Waals surface area contributed by atoms with Gasteiger partial charge in [0, 0.05) is 39.3 Å². The molecule has 0 aromatic heterocycles. The van der Waals surface area contributed by atoms with Gasteiger partial charge in [-0.3, -0.25) is 9.80 Å². The highest BCUT2D eigenvalue weighted by molar-refractivity contribution is 5.82. The molecule has 1 aliphatic rings. The van der Waals surface area contributed by atoms with Crippen molar-refractivity contribution < 1.29 is 4.39 Å². The molecule has 0 aliphatic carbocycles. The summed E-state index contributed by atoms with van der Waals surface area (Å²) < 4.78 is 13.0. The van der Waals surface area contributed by atoms with Crippen molar-refractivity contribution in [3.05, 3.63) is 83.7 Å². The molecule has 1 fully saturated rings. The zero-order valence-corrected chi connectivity index (χ0v) is 14.4. The fourth-order valence-corrected chi connectivity index (χ4v) is 3.55. The molecule has 128 valence electrons. The number of hydrogen-bond donors (Lipinski definition) is 0. The van der Waals surface area contributed by atoms with E-state index in [9.17, 15) is 4.39 Å². The molecule has 3 heteroatoms. The number of fused-ring (bicyclic) bond motifs is 1. The van der Waals surface area contributed by atoms with E-state index in [1.165, 1.54) is 21.9 Å². The van der Waals surface area contributed by atoms with E-state index in [0.29, 0.717) is 0 Å². The zero-order valence-electron chi connectivity index (χ0n) is 14.4. The number of halogens is 1. The summed E-state index contributed by atoms with van der Waals surface area (Å²) in [5.74, 6) is -0.163. The van der Waals surface area contributed by atoms with E-state index in [4.69, 9.17) is 0 Å². The molecule has 0 spiro atoms. The first kappa shape index (κ1) is 16.2. The van der Waals surface area contributed by atoms with E-state index in [-0.39, 0.29) is 5.82 Å². The number of nitrogens with zero attached hydrogens (tertiary/aromatic N) is 2. The Labute approximate surface area is 148 Å². The number of rotatable bonds is 4. The zero-order chi connectivity index (χ0) is 17.1. The van der Waals surface area contributed by atoms with Gasteiger partial charge in [-0.25, -0.2) is 4.39 Å². The fourth-order valence-electron chi connectivity index (χ4n) is 3.55. The lowest BCUT2D eigenvalue weighted by atomic mass is 10.1. The summed E-state index contributed by atoms with van der Waals surface area (Å²) in [5, 5.41) is 2.62. The monoisotopic (exact) mass is 334 g/mol. The van der Waals surface area contributed by atoms with Crippen molar-refractivity contribution in [1.29, 1.82) is 0 Å². The number of piperazine rings is 1. The minimum Gasteiger partial charge on any atom is -0.297 e. The van der Waals surface area contributed by atoms with E-state index in [1.807, 2.05) is 12.1 Å². The molecule has 0 N–H and O–H groups in total. The standard InChI is InChI=1S/C22H23FN2/c23-22-9-6-18(7-10-22)16-24-11-13-25(14-12-24)17-19-5-8-20-3-1-2-4-21(20)15-19/h1-10,15H,11-14,16-17H2. The minimum absolute atomic E-state index is 0.163. The lowest BCUT2D eigenvalue weighted by molar-refractivity contribution is 0.122. The molecule has 0 amide bonds. The lowest BCUT2D eigenvalue weighted by Gasteiger charge is -2.34. The van der Waals surface area contributed by atoms with Gasteiger partial charge in [0.05, 0.1) is 0 Å². The number of benzene rings is 3. The average molecular weight is 334 g/mol. The molecule has 0 bridgehead atoms. The van der Waals surface area contributed by atoms with Crippen LogP contribution in [0.3, 0.4) is 0 Å². The molecule has 2 nitrogen and oxygen atoms in total. The summed E-state index contributed by atoms with van der Waals surface area (Å²) in [4.78, 5) is 4.97. The molecule has 1 aliphatic heterocycles. The molecule has 0 saturated carbocycles. The summed E-state index contributed by atoms with van der Waals surface area (Å²) in [5.41, 5.74) is 2.56. The second-order valence-corrected chi connectivity index (χ2v) is 6.86. The minimum atomic E-state index is -0.163. The van der Waals surface area contributed by atoms with Gasteiger partial charge in [-0.15, -0.1) is 0 Å². The van der Waals surface area contributed by atoms with E-state index in [2.05, 4.69) is 52.3 Å². The lowest BCUT2D eigenvalue weighted by Crippen LogP contribution is -2.45. The maximum Gasteiger partial charge on any atom is 0.123 e. The third kappa shape index (κ3) is 4.06. The van der Waals surface area contributed by atoms with Crippen LogP contribution in [0.25, 0.3) is 10.8 Å². The van der Waals surface area contributed by atoms with Gasteiger partial charge in [0.2, 0.25) is 0 Å². The maximum absolute atomic E-state index is 13.0. The molecule has 3 aromatic carbocycles. The van der Waals surface area contributed by atoms with Crippen LogP contribution in [0.2, 0.25) is 0 Å². The summed E-state index contributed by atoms with van der Waals surface area (Å²) in [6, 6.07) is 22.2. The maximum atomic E-state index is 13.0. The van der Waals surface area contributed by atoms with Crippen molar-refractivity contribution in [3.8, 4) is 0 Å². The van der Waals surface area contributed by atoms with Gasteiger partial charge in [0.15, 0.2) is 0 Å². The Morgan fingerprint density at radius 3 is 1.88 bits per heavy atom. The predicted octanol–water partition coefficient (Wildman–Crippen LogP) is 4.30. The first-order valence-corrected chi connectivity index (χ1v) is 8.93. The van der Waals surface area contributed by atoms with Crippen LogP contribution in [0.4, 0.5) is 4.39 Å². The van der Waals surface area contributed by atoms with Crippen molar-refractivity contribution in [3.63, 3.8) is 0 Å². The van der Waals surface area contributed by atoms with Gasteiger partial charge >= 0.3 is 0 Å². The third-order valence-corrected chi connectivity index (χ3v) is 5.00. The van der Waals surface area contributed by atoms with Gasteiger partial charge < -0.3 is 0 Å². The van der Waals surface area contributed by atoms with Gasteiger partial charge in [-0.05, 0) is 40.1 Å². The van der Waals surface area contributed by atoms with Gasteiger partial charge in [0.25, 0.3) is 0 Å². The van der Waals surface area contributed by atoms with Gasteiger partial charge in [0.1, 0.15) is 5.82 Å². The highest BCUT2D eigenvalue weighted by atomic mass is 19.1. The van der Waals surface area contributed by atoms with Crippen molar-refractivity contribution in [2.75, 3.05) is 26.2 Å². The summed E-state index contributed by atoms with van der Waals surface area (Å²) in [6.45, 7) is 6.19. The first-order valence-electron chi connectivity index (χ1n) is 8.93. The average Bonchev–Trinajstić information content (AvgIpc) is 2.65. The van der Waals surface area contributed by atoms with Gasteiger partial charge in [-0.1, -0.05) is 48.5 Å². The van der Waals surface area contributed by atoms with E-state index in [1.54, 1.807) is 12.1 Å². The smallest absolute Gasteiger partial charge is 0.123 e. The second kappa shape index (κ2) is 7.34. The van der Waals surface area contributed by atoms with Crippen LogP contribution in [-0.2, 0) is 13.1 Å². The Hall–Kier alpha value is -2.23. The largest absolute Gasteiger partial charge is 0.297 e. The molecule has 1 heterocycles. The van der Waals surface area contributed by atoms with E-state index >= 15 is 0 Å². The van der Waals surface area contributed by atoms with E-state index < -0.39 is 0 Å². The molecule has 3 aromatic rings. The van der Waals surface area contributed by atoms with Crippen molar-refractivity contribution >= 4 is 10.8 Å². The molecular formula is C22H23FN2. The molecule has 0 atom stereocenters. The Balaban J connectivity index is 1.32. The molecule has 0 radical (unpaired) electrons. The summed E-state index contributed by atoms with van der Waals surface area (Å²) in [7, 11) is 0. The third-order valence-electron chi connectivity index (χ3n) is 5.00. The van der Waals surface area contributed by atoms with Crippen LogP contribution in [0.5, 0.6) is 0 Å². The van der Waals surface area contributed by atoms with Crippen molar-refractivity contribution in [2.45, 2.75) is 13.1 Å². The first-order chi connectivity index (χ1) is 12.3. The van der Waals surface area contributed by atoms with Crippen molar-refractivity contribution in [2.24, 2.45) is 0 Å². The van der Waals surface area contributed by atoms with Crippen molar-refractivity contribution in [1.82, 2.24) is 9.80 Å². The SMILES string of the molecule is Fc1ccc(CN2CCN(Cc3ccc4ccccc4c3)CC2)cc1. The van der Waals surface area contributed by atoms with Crippen LogP contribution in [0.1, 0.15) is 11.1 Å². The van der Waals surface area contributed by atoms with Crippen LogP contribution < -0.4 is 0 Å². The van der Waals surface area contributed by atoms with Crippen LogP contribution >= 0.6 is 0 Å². The quantitative estimate of drug-likeness (QED) is 0.702. The normalized spacial score (nSPS) is 16.4. The topological polar surface area (TPSA) is 6.48 Å². The number of hydrogen-bond acceptors (Lipinski definition) is 2. The van der Waals surface area contributed by atoms with Gasteiger partial charge in [-0.2, -0.15) is 0 Å². The second-order valence-electron chi connectivity index (χ2n) is 6.86. The molecule has 25 heavy (non-hydrogen) atoms. The molecule has 1 saturated heterocycles. The summed E-state index contributed by atoms with van der Waals surface area (Å²) >= 11 is 0. The van der Waals surface area contributed by atoms with Crippen LogP contribution in [0.15, 0.2) is 66.7 Å². The Kier molecular flexibility index (Phi) is 4.77. The van der Waals surface area contributed by atoms with Crippen LogP contribution in [-0.4, -0.2) is 36.0 Å². The molecular weight excluding hydrogens is 311 g/mol. The fraction of sp³-hybridized carbons (Fsp3) is 0.273. The van der Waals surface area contributed by atoms with Crippen LogP contribution in [0, 0.1) is 5.82 Å². The molecule has 4 rings (SSSR count). The predicted molar refractivity (Wildman–Crippen MR) is 101 cm³/mol. The highest BCUT2D eigenvalue weighted by Gasteiger charge is 2.17. The van der Waals surface area contributed by atoms with E-state index in [0.717, 1.165) is 39.3 Å². The Bertz CT molecular complexity index is 836. The Morgan fingerprint density at radius 2 is 1.20 bits per heavy atom. The molecule has 0 unspecified atom stereocenters.